The van der Waals surface area contributed by atoms with Crippen LogP contribution < -0.4 is 16.4 Å². The van der Waals surface area contributed by atoms with Gasteiger partial charge in [0.25, 0.3) is 0 Å². The predicted octanol–water partition coefficient (Wildman–Crippen LogP) is 1.36. The quantitative estimate of drug-likeness (QED) is 0.645. The van der Waals surface area contributed by atoms with E-state index in [1.807, 2.05) is 0 Å². The lowest BCUT2D eigenvalue weighted by molar-refractivity contribution is 0.232. The number of amides is 2. The minimum absolute atomic E-state index is 0.0502. The highest BCUT2D eigenvalue weighted by Crippen LogP contribution is 2.17. The molecule has 15 heavy (non-hydrogen) atoms. The van der Waals surface area contributed by atoms with Gasteiger partial charge in [-0.15, -0.1) is 0 Å². The van der Waals surface area contributed by atoms with Crippen molar-refractivity contribution in [3.05, 3.63) is 0 Å². The van der Waals surface area contributed by atoms with Crippen molar-refractivity contribution in [3.8, 4) is 0 Å². The Morgan fingerprint density at radius 2 is 2.13 bits per heavy atom. The fraction of sp³-hybridized carbons (Fsp3) is 0.909. The third-order valence-electron chi connectivity index (χ3n) is 2.95. The lowest BCUT2D eigenvalue weighted by atomic mass is 10.2. The van der Waals surface area contributed by atoms with Crippen LogP contribution in [0.2, 0.25) is 0 Å². The molecule has 0 radical (unpaired) electrons. The summed E-state index contributed by atoms with van der Waals surface area (Å²) in [7, 11) is 0. The Hall–Kier alpha value is -0.770. The molecule has 4 heteroatoms. The minimum atomic E-state index is -0.0502. The van der Waals surface area contributed by atoms with Gasteiger partial charge in [-0.05, 0) is 19.3 Å². The summed E-state index contributed by atoms with van der Waals surface area (Å²) in [4.78, 5) is 11.6. The van der Waals surface area contributed by atoms with Crippen LogP contribution in [-0.4, -0.2) is 24.7 Å². The third-order valence-corrected chi connectivity index (χ3v) is 2.95. The van der Waals surface area contributed by atoms with Crippen molar-refractivity contribution in [2.75, 3.05) is 6.54 Å². The summed E-state index contributed by atoms with van der Waals surface area (Å²) in [5, 5.41) is 5.92. The van der Waals surface area contributed by atoms with Gasteiger partial charge >= 0.3 is 6.03 Å². The van der Waals surface area contributed by atoms with Crippen LogP contribution in [0.1, 0.15) is 45.4 Å². The Balaban J connectivity index is 2.20. The number of hydrogen-bond donors (Lipinski definition) is 3. The van der Waals surface area contributed by atoms with E-state index in [0.29, 0.717) is 12.6 Å². The van der Waals surface area contributed by atoms with Gasteiger partial charge in [0.05, 0.1) is 0 Å². The normalized spacial score (nSPS) is 18.8. The fourth-order valence-corrected chi connectivity index (χ4v) is 2.08. The molecule has 0 bridgehead atoms. The number of carbonyl (C=O) groups is 1. The van der Waals surface area contributed by atoms with Crippen molar-refractivity contribution in [3.63, 3.8) is 0 Å². The van der Waals surface area contributed by atoms with Crippen LogP contribution in [0.3, 0.4) is 0 Å². The van der Waals surface area contributed by atoms with Crippen molar-refractivity contribution in [1.29, 1.82) is 0 Å². The van der Waals surface area contributed by atoms with Gasteiger partial charge in [0.2, 0.25) is 0 Å². The molecule has 0 aromatic heterocycles. The van der Waals surface area contributed by atoms with E-state index in [4.69, 9.17) is 5.73 Å². The lowest BCUT2D eigenvalue weighted by Gasteiger charge is -2.18. The van der Waals surface area contributed by atoms with Gasteiger partial charge in [0, 0.05) is 18.6 Å². The molecule has 1 fully saturated rings. The second kappa shape index (κ2) is 6.67. The van der Waals surface area contributed by atoms with Gasteiger partial charge in [-0.3, -0.25) is 0 Å². The van der Waals surface area contributed by atoms with Crippen molar-refractivity contribution in [2.45, 2.75) is 57.5 Å². The molecule has 1 atom stereocenters. The average molecular weight is 213 g/mol. The predicted molar refractivity (Wildman–Crippen MR) is 61.7 cm³/mol. The van der Waals surface area contributed by atoms with Crippen molar-refractivity contribution >= 4 is 6.03 Å². The van der Waals surface area contributed by atoms with Crippen LogP contribution in [0.5, 0.6) is 0 Å². The first-order valence-corrected chi connectivity index (χ1v) is 6.03. The van der Waals surface area contributed by atoms with E-state index in [1.54, 1.807) is 0 Å². The van der Waals surface area contributed by atoms with E-state index in [-0.39, 0.29) is 12.1 Å². The standard InChI is InChI=1S/C11H23N3O/c1-2-5-10(8-12)14-11(15)13-9-6-3-4-7-9/h9-10H,2-8,12H2,1H3,(H2,13,14,15). The summed E-state index contributed by atoms with van der Waals surface area (Å²) in [5.74, 6) is 0. The zero-order valence-electron chi connectivity index (χ0n) is 9.59. The van der Waals surface area contributed by atoms with Gasteiger partial charge in [-0.25, -0.2) is 4.79 Å². The molecular formula is C11H23N3O. The topological polar surface area (TPSA) is 67.1 Å². The SMILES string of the molecule is CCCC(CN)NC(=O)NC1CCCC1. The van der Waals surface area contributed by atoms with E-state index < -0.39 is 0 Å². The Labute approximate surface area is 92.0 Å². The molecule has 1 aliphatic carbocycles. The Bertz CT molecular complexity index is 190. The van der Waals surface area contributed by atoms with E-state index in [1.165, 1.54) is 12.8 Å². The molecule has 0 aromatic rings. The van der Waals surface area contributed by atoms with E-state index in [9.17, 15) is 4.79 Å². The number of nitrogens with two attached hydrogens (primary N) is 1. The van der Waals surface area contributed by atoms with E-state index in [2.05, 4.69) is 17.6 Å². The third kappa shape index (κ3) is 4.51. The van der Waals surface area contributed by atoms with Crippen LogP contribution >= 0.6 is 0 Å². The van der Waals surface area contributed by atoms with Gasteiger partial charge < -0.3 is 16.4 Å². The highest BCUT2D eigenvalue weighted by Gasteiger charge is 2.18. The second-order valence-corrected chi connectivity index (χ2v) is 4.32. The molecule has 0 saturated heterocycles. The molecule has 4 N–H and O–H groups in total. The van der Waals surface area contributed by atoms with Crippen LogP contribution in [-0.2, 0) is 0 Å². The van der Waals surface area contributed by atoms with Crippen LogP contribution in [0.25, 0.3) is 0 Å². The first-order valence-electron chi connectivity index (χ1n) is 6.03. The zero-order chi connectivity index (χ0) is 11.1. The fourth-order valence-electron chi connectivity index (χ4n) is 2.08. The maximum absolute atomic E-state index is 11.6. The summed E-state index contributed by atoms with van der Waals surface area (Å²) in [6.07, 6.45) is 6.71. The molecule has 88 valence electrons. The second-order valence-electron chi connectivity index (χ2n) is 4.32. The Morgan fingerprint density at radius 1 is 1.47 bits per heavy atom. The van der Waals surface area contributed by atoms with Crippen LogP contribution in [0.15, 0.2) is 0 Å². The largest absolute Gasteiger partial charge is 0.335 e. The average Bonchev–Trinajstić information content (AvgIpc) is 2.69. The Kier molecular flexibility index (Phi) is 5.47. The van der Waals surface area contributed by atoms with Crippen molar-refractivity contribution in [2.24, 2.45) is 5.73 Å². The summed E-state index contributed by atoms with van der Waals surface area (Å²) in [5.41, 5.74) is 5.57. The first-order chi connectivity index (χ1) is 7.26. The zero-order valence-corrected chi connectivity index (χ0v) is 9.59. The molecule has 4 nitrogen and oxygen atoms in total. The van der Waals surface area contributed by atoms with Gasteiger partial charge in [0.15, 0.2) is 0 Å². The van der Waals surface area contributed by atoms with E-state index >= 15 is 0 Å². The minimum Gasteiger partial charge on any atom is -0.335 e. The molecular weight excluding hydrogens is 190 g/mol. The summed E-state index contributed by atoms with van der Waals surface area (Å²) in [6, 6.07) is 0.451. The molecule has 1 unspecified atom stereocenters. The molecule has 0 heterocycles. The molecule has 1 aliphatic rings. The molecule has 0 aromatic carbocycles. The van der Waals surface area contributed by atoms with Crippen LogP contribution in [0.4, 0.5) is 4.79 Å². The summed E-state index contributed by atoms with van der Waals surface area (Å²) < 4.78 is 0. The molecule has 1 rings (SSSR count). The summed E-state index contributed by atoms with van der Waals surface area (Å²) in [6.45, 7) is 2.62. The maximum Gasteiger partial charge on any atom is 0.315 e. The first kappa shape index (κ1) is 12.3. The highest BCUT2D eigenvalue weighted by atomic mass is 16.2. The van der Waals surface area contributed by atoms with Gasteiger partial charge in [-0.2, -0.15) is 0 Å². The van der Waals surface area contributed by atoms with Gasteiger partial charge in [-0.1, -0.05) is 26.2 Å². The number of rotatable bonds is 5. The number of hydrogen-bond acceptors (Lipinski definition) is 2. The van der Waals surface area contributed by atoms with Crippen molar-refractivity contribution in [1.82, 2.24) is 10.6 Å². The molecule has 1 saturated carbocycles. The smallest absolute Gasteiger partial charge is 0.315 e. The Morgan fingerprint density at radius 3 is 2.67 bits per heavy atom. The lowest BCUT2D eigenvalue weighted by Crippen LogP contribution is -2.48. The molecule has 0 aliphatic heterocycles. The monoisotopic (exact) mass is 213 g/mol. The maximum atomic E-state index is 11.6. The molecule has 0 spiro atoms. The van der Waals surface area contributed by atoms with Crippen LogP contribution in [0, 0.1) is 0 Å². The summed E-state index contributed by atoms with van der Waals surface area (Å²) >= 11 is 0. The highest BCUT2D eigenvalue weighted by molar-refractivity contribution is 5.74. The van der Waals surface area contributed by atoms with Gasteiger partial charge in [0.1, 0.15) is 0 Å². The number of carbonyl (C=O) groups excluding carboxylic acids is 1. The van der Waals surface area contributed by atoms with E-state index in [0.717, 1.165) is 25.7 Å². The number of urea groups is 1. The molecule has 2 amide bonds. The van der Waals surface area contributed by atoms with Crippen molar-refractivity contribution < 1.29 is 4.79 Å². The number of nitrogens with one attached hydrogen (secondary N) is 2.